The minimum Gasteiger partial charge on any atom is -0.494 e. The lowest BCUT2D eigenvalue weighted by atomic mass is 10.1. The van der Waals surface area contributed by atoms with Gasteiger partial charge in [-0.05, 0) is 56.5 Å². The third-order valence-electron chi connectivity index (χ3n) is 3.61. The summed E-state index contributed by atoms with van der Waals surface area (Å²) in [6, 6.07) is 5.87. The van der Waals surface area contributed by atoms with Crippen molar-refractivity contribution in [3.8, 4) is 5.75 Å². The summed E-state index contributed by atoms with van der Waals surface area (Å²) in [7, 11) is 0. The molecule has 0 aliphatic carbocycles. The molecule has 0 radical (unpaired) electrons. The van der Waals surface area contributed by atoms with Gasteiger partial charge < -0.3 is 15.4 Å². The van der Waals surface area contributed by atoms with E-state index in [0.29, 0.717) is 19.4 Å². The van der Waals surface area contributed by atoms with Gasteiger partial charge in [0.1, 0.15) is 5.75 Å². The molecule has 0 spiro atoms. The van der Waals surface area contributed by atoms with Crippen molar-refractivity contribution in [2.45, 2.75) is 38.6 Å². The van der Waals surface area contributed by atoms with Gasteiger partial charge in [0, 0.05) is 24.0 Å². The quantitative estimate of drug-likeness (QED) is 0.778. The molecule has 1 heterocycles. The molecule has 2 rings (SSSR count). The number of amides is 1. The molecule has 1 aromatic rings. The van der Waals surface area contributed by atoms with Crippen LogP contribution in [-0.2, 0) is 4.79 Å². The first-order chi connectivity index (χ1) is 10.1. The molecule has 124 valence electrons. The molecular formula is C16H24Cl2N2O2. The maximum Gasteiger partial charge on any atom is 0.220 e. The van der Waals surface area contributed by atoms with Crippen LogP contribution < -0.4 is 15.4 Å². The number of carbonyl (C=O) groups excluding carboxylic acids is 1. The van der Waals surface area contributed by atoms with Gasteiger partial charge in [0.15, 0.2) is 0 Å². The number of carbonyl (C=O) groups is 1. The van der Waals surface area contributed by atoms with E-state index in [9.17, 15) is 4.79 Å². The van der Waals surface area contributed by atoms with Gasteiger partial charge in [-0.25, -0.2) is 0 Å². The highest BCUT2D eigenvalue weighted by molar-refractivity contribution is 6.31. The van der Waals surface area contributed by atoms with Crippen LogP contribution in [0.2, 0.25) is 5.02 Å². The number of piperidine rings is 1. The van der Waals surface area contributed by atoms with Crippen LogP contribution in [-0.4, -0.2) is 31.6 Å². The second kappa shape index (κ2) is 9.93. The van der Waals surface area contributed by atoms with E-state index < -0.39 is 0 Å². The van der Waals surface area contributed by atoms with E-state index >= 15 is 0 Å². The lowest BCUT2D eigenvalue weighted by molar-refractivity contribution is -0.122. The molecule has 0 saturated carbocycles. The van der Waals surface area contributed by atoms with Crippen molar-refractivity contribution in [2.24, 2.45) is 0 Å². The zero-order valence-corrected chi connectivity index (χ0v) is 14.4. The van der Waals surface area contributed by atoms with E-state index in [1.807, 2.05) is 25.1 Å². The van der Waals surface area contributed by atoms with Gasteiger partial charge in [-0.1, -0.05) is 11.6 Å². The number of benzene rings is 1. The Morgan fingerprint density at radius 1 is 1.50 bits per heavy atom. The van der Waals surface area contributed by atoms with Gasteiger partial charge in [0.05, 0.1) is 6.61 Å². The largest absolute Gasteiger partial charge is 0.494 e. The van der Waals surface area contributed by atoms with Gasteiger partial charge in [0.2, 0.25) is 5.91 Å². The minimum absolute atomic E-state index is 0. The number of hydrogen-bond acceptors (Lipinski definition) is 3. The van der Waals surface area contributed by atoms with Crippen molar-refractivity contribution in [2.75, 3.05) is 19.7 Å². The lowest BCUT2D eigenvalue weighted by Gasteiger charge is -2.23. The Kier molecular flexibility index (Phi) is 8.61. The van der Waals surface area contributed by atoms with Crippen molar-refractivity contribution >= 4 is 29.9 Å². The molecule has 1 saturated heterocycles. The number of halogens is 2. The molecule has 1 aliphatic rings. The summed E-state index contributed by atoms with van der Waals surface area (Å²) >= 11 is 5.96. The fraction of sp³-hybridized carbons (Fsp3) is 0.562. The maximum absolute atomic E-state index is 11.8. The number of nitrogens with one attached hydrogen (secondary N) is 2. The first-order valence-electron chi connectivity index (χ1n) is 7.54. The third-order valence-corrected chi connectivity index (χ3v) is 4.03. The van der Waals surface area contributed by atoms with Gasteiger partial charge in [0.25, 0.3) is 0 Å². The van der Waals surface area contributed by atoms with Gasteiger partial charge in [-0.15, -0.1) is 12.4 Å². The van der Waals surface area contributed by atoms with Crippen molar-refractivity contribution in [1.82, 2.24) is 10.6 Å². The van der Waals surface area contributed by atoms with Crippen LogP contribution in [0.25, 0.3) is 0 Å². The van der Waals surface area contributed by atoms with Gasteiger partial charge in [-0.3, -0.25) is 4.79 Å². The van der Waals surface area contributed by atoms with Crippen LogP contribution in [0.3, 0.4) is 0 Å². The Bertz CT molecular complexity index is 477. The first kappa shape index (κ1) is 19.1. The van der Waals surface area contributed by atoms with E-state index in [2.05, 4.69) is 10.6 Å². The smallest absolute Gasteiger partial charge is 0.220 e. The summed E-state index contributed by atoms with van der Waals surface area (Å²) in [5, 5.41) is 7.09. The Labute approximate surface area is 143 Å². The summed E-state index contributed by atoms with van der Waals surface area (Å²) in [6.45, 7) is 4.42. The van der Waals surface area contributed by atoms with Gasteiger partial charge in [-0.2, -0.15) is 0 Å². The molecule has 1 fully saturated rings. The van der Waals surface area contributed by atoms with Crippen molar-refractivity contribution in [1.29, 1.82) is 0 Å². The standard InChI is InChI=1S/C16H23ClN2O2.ClH/c1-12-10-14(6-7-15(12)17)21-9-3-5-16(20)19-13-4-2-8-18-11-13;/h6-7,10,13,18H,2-5,8-9,11H2,1H3,(H,19,20);1H. The van der Waals surface area contributed by atoms with E-state index in [0.717, 1.165) is 42.3 Å². The molecule has 1 aliphatic heterocycles. The zero-order chi connectivity index (χ0) is 15.1. The van der Waals surface area contributed by atoms with Gasteiger partial charge >= 0.3 is 0 Å². The lowest BCUT2D eigenvalue weighted by Crippen LogP contribution is -2.45. The van der Waals surface area contributed by atoms with Crippen LogP contribution in [0.5, 0.6) is 5.75 Å². The molecule has 1 amide bonds. The molecular weight excluding hydrogens is 323 g/mol. The van der Waals surface area contributed by atoms with Crippen LogP contribution in [0.1, 0.15) is 31.2 Å². The summed E-state index contributed by atoms with van der Waals surface area (Å²) in [4.78, 5) is 11.8. The Morgan fingerprint density at radius 2 is 2.32 bits per heavy atom. The molecule has 1 unspecified atom stereocenters. The highest BCUT2D eigenvalue weighted by Gasteiger charge is 2.14. The summed E-state index contributed by atoms with van der Waals surface area (Å²) < 4.78 is 5.63. The molecule has 2 N–H and O–H groups in total. The van der Waals surface area contributed by atoms with Crippen molar-refractivity contribution < 1.29 is 9.53 Å². The van der Waals surface area contributed by atoms with E-state index in [4.69, 9.17) is 16.3 Å². The average molecular weight is 347 g/mol. The number of aryl methyl sites for hydroxylation is 1. The predicted octanol–water partition coefficient (Wildman–Crippen LogP) is 3.10. The molecule has 4 nitrogen and oxygen atoms in total. The fourth-order valence-corrected chi connectivity index (χ4v) is 2.52. The Morgan fingerprint density at radius 3 is 3.00 bits per heavy atom. The maximum atomic E-state index is 11.8. The fourth-order valence-electron chi connectivity index (χ4n) is 2.40. The van der Waals surface area contributed by atoms with E-state index in [-0.39, 0.29) is 24.4 Å². The summed E-state index contributed by atoms with van der Waals surface area (Å²) in [6.07, 6.45) is 3.42. The highest BCUT2D eigenvalue weighted by atomic mass is 35.5. The van der Waals surface area contributed by atoms with E-state index in [1.165, 1.54) is 0 Å². The SMILES string of the molecule is Cc1cc(OCCCC(=O)NC2CCCNC2)ccc1Cl.Cl. The zero-order valence-electron chi connectivity index (χ0n) is 12.9. The second-order valence-electron chi connectivity index (χ2n) is 5.47. The van der Waals surface area contributed by atoms with Crippen LogP contribution in [0, 0.1) is 6.92 Å². The van der Waals surface area contributed by atoms with Crippen LogP contribution in [0.4, 0.5) is 0 Å². The summed E-state index contributed by atoms with van der Waals surface area (Å²) in [5.74, 6) is 0.911. The van der Waals surface area contributed by atoms with Crippen LogP contribution in [0.15, 0.2) is 18.2 Å². The van der Waals surface area contributed by atoms with Crippen molar-refractivity contribution in [3.63, 3.8) is 0 Å². The minimum atomic E-state index is 0. The van der Waals surface area contributed by atoms with E-state index in [1.54, 1.807) is 0 Å². The average Bonchev–Trinajstić information content (AvgIpc) is 2.48. The second-order valence-corrected chi connectivity index (χ2v) is 5.88. The number of ether oxygens (including phenoxy) is 1. The number of rotatable bonds is 6. The topological polar surface area (TPSA) is 50.4 Å². The monoisotopic (exact) mass is 346 g/mol. The van der Waals surface area contributed by atoms with Crippen LogP contribution >= 0.6 is 24.0 Å². The molecule has 6 heteroatoms. The normalized spacial score (nSPS) is 17.5. The molecule has 0 bridgehead atoms. The first-order valence-corrected chi connectivity index (χ1v) is 7.92. The third kappa shape index (κ3) is 6.42. The Hall–Kier alpha value is -0.970. The number of hydrogen-bond donors (Lipinski definition) is 2. The molecule has 1 atom stereocenters. The highest BCUT2D eigenvalue weighted by Crippen LogP contribution is 2.21. The molecule has 1 aromatic carbocycles. The van der Waals surface area contributed by atoms with Crippen molar-refractivity contribution in [3.05, 3.63) is 28.8 Å². The summed E-state index contributed by atoms with van der Waals surface area (Å²) in [5.41, 5.74) is 0.997. The predicted molar refractivity (Wildman–Crippen MR) is 92.2 cm³/mol. The Balaban J connectivity index is 0.00000242. The molecule has 22 heavy (non-hydrogen) atoms. The molecule has 0 aromatic heterocycles.